The lowest BCUT2D eigenvalue weighted by molar-refractivity contribution is -0.609. The number of nitrogens with one attached hydrogen (secondary N) is 1. The van der Waals surface area contributed by atoms with Crippen LogP contribution in [0.1, 0.15) is 23.6 Å². The first-order valence-electron chi connectivity index (χ1n) is 8.61. The molecule has 0 amide bonds. The molecule has 0 saturated heterocycles. The minimum absolute atomic E-state index is 0.0851. The Hall–Kier alpha value is -2.64. The molecule has 6 nitrogen and oxygen atoms in total. The van der Waals surface area contributed by atoms with Crippen molar-refractivity contribution in [3.05, 3.63) is 65.2 Å². The standard InChI is InChI=1S/C11H13N3.C9H12O3S/c1-2-13-11-8-9-6-4-3-5-7-10(9)14(11)12;1-6-4-7(2)9(8(3)5-6)13(10,11)12/h3-8H,2,12H2,1H3;4-5H,1-3H3,(H,10,11,12). The zero-order chi connectivity index (χ0) is 20.2. The van der Waals surface area contributed by atoms with Crippen molar-refractivity contribution < 1.29 is 17.6 Å². The van der Waals surface area contributed by atoms with E-state index in [0.29, 0.717) is 11.1 Å². The van der Waals surface area contributed by atoms with Gasteiger partial charge in [0.15, 0.2) is 5.69 Å². The van der Waals surface area contributed by atoms with E-state index in [1.165, 1.54) is 0 Å². The average Bonchev–Trinajstić information content (AvgIpc) is 2.71. The van der Waals surface area contributed by atoms with Crippen molar-refractivity contribution in [1.82, 2.24) is 0 Å². The normalized spacial score (nSPS) is 11.0. The Labute approximate surface area is 160 Å². The highest BCUT2D eigenvalue weighted by atomic mass is 32.2. The van der Waals surface area contributed by atoms with Crippen LogP contribution in [-0.2, 0) is 10.1 Å². The van der Waals surface area contributed by atoms with Gasteiger partial charge in [0.05, 0.1) is 11.4 Å². The third kappa shape index (κ3) is 4.96. The van der Waals surface area contributed by atoms with Gasteiger partial charge < -0.3 is 4.55 Å². The highest BCUT2D eigenvalue weighted by Crippen LogP contribution is 2.21. The van der Waals surface area contributed by atoms with Gasteiger partial charge in [-0.25, -0.2) is 8.42 Å². The van der Waals surface area contributed by atoms with E-state index >= 15 is 0 Å². The molecule has 0 atom stereocenters. The van der Waals surface area contributed by atoms with Crippen molar-refractivity contribution in [3.8, 4) is 11.3 Å². The molecule has 1 aromatic rings. The predicted molar refractivity (Wildman–Crippen MR) is 106 cm³/mol. The second-order valence-corrected chi connectivity index (χ2v) is 7.68. The molecule has 1 aromatic carbocycles. The molecule has 1 aliphatic carbocycles. The smallest absolute Gasteiger partial charge is 0.298 e. The van der Waals surface area contributed by atoms with Crippen molar-refractivity contribution in [2.45, 2.75) is 32.6 Å². The van der Waals surface area contributed by atoms with Crippen LogP contribution in [-0.4, -0.2) is 19.5 Å². The molecule has 2 aliphatic rings. The van der Waals surface area contributed by atoms with Gasteiger partial charge in [0.2, 0.25) is 0 Å². The summed E-state index contributed by atoms with van der Waals surface area (Å²) in [6.07, 6.45) is 0. The van der Waals surface area contributed by atoms with E-state index in [-0.39, 0.29) is 4.90 Å². The minimum atomic E-state index is -4.33. The zero-order valence-electron chi connectivity index (χ0n) is 16.0. The van der Waals surface area contributed by atoms with Crippen molar-refractivity contribution >= 4 is 15.9 Å². The van der Waals surface area contributed by atoms with Crippen LogP contribution in [0.15, 0.2) is 53.4 Å². The molecular formula is C20H25N3O3S. The van der Waals surface area contributed by atoms with Crippen LogP contribution >= 0.6 is 0 Å². The number of fused-ring (bicyclic) bond motifs is 1. The molecule has 27 heavy (non-hydrogen) atoms. The van der Waals surface area contributed by atoms with Gasteiger partial charge in [-0.3, -0.25) is 11.2 Å². The summed E-state index contributed by atoms with van der Waals surface area (Å²) >= 11 is 0. The fourth-order valence-corrected chi connectivity index (χ4v) is 4.02. The lowest BCUT2D eigenvalue weighted by atomic mass is 10.1. The highest BCUT2D eigenvalue weighted by molar-refractivity contribution is 7.85. The van der Waals surface area contributed by atoms with Gasteiger partial charge in [-0.1, -0.05) is 42.0 Å². The van der Waals surface area contributed by atoms with Gasteiger partial charge in [-0.15, -0.1) is 4.68 Å². The highest BCUT2D eigenvalue weighted by Gasteiger charge is 2.17. The fourth-order valence-electron chi connectivity index (χ4n) is 3.12. The first-order valence-corrected chi connectivity index (χ1v) is 10.0. The number of nitrogens with two attached hydrogens (primary N) is 1. The maximum atomic E-state index is 10.8. The van der Waals surface area contributed by atoms with E-state index in [1.807, 2.05) is 31.2 Å². The predicted octanol–water partition coefficient (Wildman–Crippen LogP) is 2.74. The summed E-state index contributed by atoms with van der Waals surface area (Å²) in [5.41, 5.74) is 4.18. The van der Waals surface area contributed by atoms with E-state index in [4.69, 9.17) is 5.84 Å². The molecule has 0 saturated carbocycles. The van der Waals surface area contributed by atoms with Crippen LogP contribution < -0.4 is 15.8 Å². The van der Waals surface area contributed by atoms with E-state index in [2.05, 4.69) is 24.4 Å². The van der Waals surface area contributed by atoms with Crippen LogP contribution in [0, 0.1) is 20.8 Å². The van der Waals surface area contributed by atoms with Gasteiger partial charge >= 0.3 is 0 Å². The Bertz CT molecular complexity index is 994. The van der Waals surface area contributed by atoms with Crippen molar-refractivity contribution in [3.63, 3.8) is 0 Å². The van der Waals surface area contributed by atoms with E-state index in [1.54, 1.807) is 30.7 Å². The largest absolute Gasteiger partial charge is 0.744 e. The molecule has 0 aromatic heterocycles. The molecule has 0 unspecified atom stereocenters. The van der Waals surface area contributed by atoms with Gasteiger partial charge in [-0.05, 0) is 44.9 Å². The molecule has 0 fully saturated rings. The van der Waals surface area contributed by atoms with Crippen LogP contribution in [0.4, 0.5) is 5.82 Å². The molecule has 0 bridgehead atoms. The van der Waals surface area contributed by atoms with E-state index < -0.39 is 10.1 Å². The number of rotatable bonds is 3. The monoisotopic (exact) mass is 387 g/mol. The van der Waals surface area contributed by atoms with Crippen LogP contribution in [0.2, 0.25) is 0 Å². The molecule has 3 N–H and O–H groups in total. The fraction of sp³-hybridized carbons (Fsp3) is 0.250. The molecule has 144 valence electrons. The number of anilines is 1. The zero-order valence-corrected chi connectivity index (χ0v) is 16.8. The topological polar surface area (TPSA) is 99.1 Å². The summed E-state index contributed by atoms with van der Waals surface area (Å²) in [7, 11) is -4.33. The summed E-state index contributed by atoms with van der Waals surface area (Å²) < 4.78 is 34.2. The first-order chi connectivity index (χ1) is 12.6. The van der Waals surface area contributed by atoms with E-state index in [0.717, 1.165) is 29.2 Å². The van der Waals surface area contributed by atoms with Gasteiger partial charge in [0, 0.05) is 11.6 Å². The molecule has 0 spiro atoms. The third-order valence-electron chi connectivity index (χ3n) is 4.07. The lowest BCUT2D eigenvalue weighted by Crippen LogP contribution is -2.46. The Morgan fingerprint density at radius 3 is 2.19 bits per heavy atom. The summed E-state index contributed by atoms with van der Waals surface area (Å²) in [5.74, 6) is 6.89. The first kappa shape index (κ1) is 20.7. The van der Waals surface area contributed by atoms with Gasteiger partial charge in [0.1, 0.15) is 10.1 Å². The summed E-state index contributed by atoms with van der Waals surface area (Å²) in [6, 6.07) is 15.5. The molecule has 1 aliphatic heterocycles. The van der Waals surface area contributed by atoms with E-state index in [9.17, 15) is 13.0 Å². The molecule has 7 heteroatoms. The van der Waals surface area contributed by atoms with Crippen LogP contribution in [0.5, 0.6) is 0 Å². The third-order valence-corrected chi connectivity index (χ3v) is 5.22. The van der Waals surface area contributed by atoms with Crippen LogP contribution in [0.25, 0.3) is 11.3 Å². The Balaban J connectivity index is 0.000000194. The van der Waals surface area contributed by atoms with Crippen molar-refractivity contribution in [2.24, 2.45) is 0 Å². The lowest BCUT2D eigenvalue weighted by Gasteiger charge is -2.14. The quantitative estimate of drug-likeness (QED) is 0.409. The molecule has 3 rings (SSSR count). The van der Waals surface area contributed by atoms with Crippen molar-refractivity contribution in [1.29, 1.82) is 0 Å². The SMILES string of the molecule is CCNc1cc2cccccc-2[n+]1N.Cc1cc(C)c(S(=O)(=O)[O-])c(C)c1. The molecule has 0 radical (unpaired) electrons. The summed E-state index contributed by atoms with van der Waals surface area (Å²) in [5, 5.41) is 3.21. The maximum Gasteiger partial charge on any atom is 0.298 e. The van der Waals surface area contributed by atoms with Gasteiger partial charge in [-0.2, -0.15) is 0 Å². The second kappa shape index (κ2) is 8.37. The van der Waals surface area contributed by atoms with Crippen molar-refractivity contribution in [2.75, 3.05) is 17.7 Å². The summed E-state index contributed by atoms with van der Waals surface area (Å²) in [6.45, 7) is 8.05. The Morgan fingerprint density at radius 2 is 1.63 bits per heavy atom. The average molecular weight is 388 g/mol. The number of benzene rings is 1. The number of nitrogens with zero attached hydrogens (tertiary/aromatic N) is 1. The summed E-state index contributed by atoms with van der Waals surface area (Å²) in [4.78, 5) is -0.0851. The number of aryl methyl sites for hydroxylation is 3. The van der Waals surface area contributed by atoms with Crippen LogP contribution in [0.3, 0.4) is 0 Å². The minimum Gasteiger partial charge on any atom is -0.744 e. The number of nitrogen functional groups attached to an aromatic ring is 1. The maximum absolute atomic E-state index is 10.8. The number of aromatic nitrogens is 1. The second-order valence-electron chi connectivity index (χ2n) is 6.36. The Morgan fingerprint density at radius 1 is 1.04 bits per heavy atom. The number of hydrogen-bond donors (Lipinski definition) is 2. The molecular weight excluding hydrogens is 362 g/mol. The molecule has 1 heterocycles. The number of hydrogen-bond acceptors (Lipinski definition) is 5. The van der Waals surface area contributed by atoms with Gasteiger partial charge in [0.25, 0.3) is 5.82 Å². The Kier molecular flexibility index (Phi) is 6.41.